The van der Waals surface area contributed by atoms with E-state index in [4.69, 9.17) is 4.74 Å². The molecule has 0 spiro atoms. The zero-order chi connectivity index (χ0) is 16.7. The molecule has 1 aromatic rings. The molecule has 0 bridgehead atoms. The van der Waals surface area contributed by atoms with Crippen molar-refractivity contribution in [3.8, 4) is 5.88 Å². The average Bonchev–Trinajstić information content (AvgIpc) is 2.98. The Morgan fingerprint density at radius 2 is 2.04 bits per heavy atom. The van der Waals surface area contributed by atoms with Crippen LogP contribution in [0.4, 0.5) is 13.2 Å². The fraction of sp³-hybridized carbons (Fsp3) is 0.600. The first kappa shape index (κ1) is 17.5. The van der Waals surface area contributed by atoms with Gasteiger partial charge in [-0.25, -0.2) is 4.98 Å². The van der Waals surface area contributed by atoms with Crippen LogP contribution in [0.15, 0.2) is 18.3 Å². The molecule has 0 atom stereocenters. The van der Waals surface area contributed by atoms with E-state index in [1.54, 1.807) is 18.3 Å². The molecule has 0 radical (unpaired) electrons. The monoisotopic (exact) mass is 332 g/mol. The number of aromatic nitrogens is 1. The van der Waals surface area contributed by atoms with Crippen molar-refractivity contribution in [1.29, 1.82) is 0 Å². The molecule has 0 aliphatic heterocycles. The minimum Gasteiger partial charge on any atom is -0.474 e. The maximum atomic E-state index is 11.9. The van der Waals surface area contributed by atoms with Gasteiger partial charge in [0, 0.05) is 18.8 Å². The van der Waals surface area contributed by atoms with Gasteiger partial charge in [0.1, 0.15) is 19.3 Å². The van der Waals surface area contributed by atoms with Gasteiger partial charge in [-0.2, -0.15) is 13.2 Å². The van der Waals surface area contributed by atoms with E-state index < -0.39 is 25.3 Å². The molecule has 0 aromatic carbocycles. The van der Waals surface area contributed by atoms with E-state index in [9.17, 15) is 18.0 Å². The lowest BCUT2D eigenvalue weighted by Crippen LogP contribution is -2.29. The van der Waals surface area contributed by atoms with Gasteiger partial charge in [0.25, 0.3) is 0 Å². The summed E-state index contributed by atoms with van der Waals surface area (Å²) in [4.78, 5) is 15.5. The molecule has 23 heavy (non-hydrogen) atoms. The fourth-order valence-electron chi connectivity index (χ4n) is 2.27. The largest absolute Gasteiger partial charge is 0.474 e. The number of alkyl halides is 3. The van der Waals surface area contributed by atoms with Gasteiger partial charge in [-0.05, 0) is 31.2 Å². The first-order valence-electron chi connectivity index (χ1n) is 7.45. The van der Waals surface area contributed by atoms with Crippen molar-refractivity contribution >= 4 is 5.91 Å². The van der Waals surface area contributed by atoms with Crippen LogP contribution in [-0.4, -0.2) is 36.4 Å². The molecular formula is C15H19F3N2O3. The predicted octanol–water partition coefficient (Wildman–Crippen LogP) is 2.60. The number of carbonyl (C=O) groups excluding carboxylic acids is 1. The van der Waals surface area contributed by atoms with E-state index in [1.165, 1.54) is 12.8 Å². The molecule has 0 saturated heterocycles. The maximum Gasteiger partial charge on any atom is 0.411 e. The third-order valence-corrected chi connectivity index (χ3v) is 3.38. The SMILES string of the molecule is O=C(COCC(F)(F)F)NCc1ccc(OC2CCCC2)nc1. The van der Waals surface area contributed by atoms with Gasteiger partial charge in [-0.1, -0.05) is 6.07 Å². The molecule has 1 aromatic heterocycles. The second-order valence-electron chi connectivity index (χ2n) is 5.41. The van der Waals surface area contributed by atoms with Crippen LogP contribution in [0.5, 0.6) is 5.88 Å². The van der Waals surface area contributed by atoms with Crippen molar-refractivity contribution in [1.82, 2.24) is 10.3 Å². The minimum atomic E-state index is -4.43. The van der Waals surface area contributed by atoms with Gasteiger partial charge in [-0.15, -0.1) is 0 Å². The van der Waals surface area contributed by atoms with Crippen molar-refractivity contribution in [2.75, 3.05) is 13.2 Å². The summed E-state index contributed by atoms with van der Waals surface area (Å²) in [7, 11) is 0. The van der Waals surface area contributed by atoms with E-state index in [0.717, 1.165) is 18.4 Å². The quantitative estimate of drug-likeness (QED) is 0.834. The summed E-state index contributed by atoms with van der Waals surface area (Å²) in [6.07, 6.45) is 1.78. The van der Waals surface area contributed by atoms with E-state index in [2.05, 4.69) is 15.0 Å². The number of amides is 1. The molecule has 5 nitrogen and oxygen atoms in total. The Morgan fingerprint density at radius 1 is 1.30 bits per heavy atom. The van der Waals surface area contributed by atoms with Gasteiger partial charge in [0.15, 0.2) is 0 Å². The smallest absolute Gasteiger partial charge is 0.411 e. The summed E-state index contributed by atoms with van der Waals surface area (Å²) < 4.78 is 45.6. The Bertz CT molecular complexity index is 500. The number of halogens is 3. The third kappa shape index (κ3) is 6.85. The highest BCUT2D eigenvalue weighted by atomic mass is 19.4. The number of hydrogen-bond acceptors (Lipinski definition) is 4. The van der Waals surface area contributed by atoms with Gasteiger partial charge < -0.3 is 14.8 Å². The van der Waals surface area contributed by atoms with Gasteiger partial charge in [0.2, 0.25) is 11.8 Å². The van der Waals surface area contributed by atoms with Gasteiger partial charge in [-0.3, -0.25) is 4.79 Å². The maximum absolute atomic E-state index is 11.9. The van der Waals surface area contributed by atoms with Crippen LogP contribution in [0.2, 0.25) is 0 Å². The molecule has 1 fully saturated rings. The highest BCUT2D eigenvalue weighted by Gasteiger charge is 2.27. The molecule has 1 aliphatic carbocycles. The number of ether oxygens (including phenoxy) is 2. The Balaban J connectivity index is 1.68. The Kier molecular flexibility index (Phi) is 6.20. The Hall–Kier alpha value is -1.83. The summed E-state index contributed by atoms with van der Waals surface area (Å²) in [5, 5.41) is 2.47. The van der Waals surface area contributed by atoms with Crippen molar-refractivity contribution in [2.24, 2.45) is 0 Å². The van der Waals surface area contributed by atoms with Crippen LogP contribution in [-0.2, 0) is 16.1 Å². The predicted molar refractivity (Wildman–Crippen MR) is 75.8 cm³/mol. The lowest BCUT2D eigenvalue weighted by atomic mass is 10.3. The van der Waals surface area contributed by atoms with Crippen molar-refractivity contribution in [2.45, 2.75) is 44.5 Å². The summed E-state index contributed by atoms with van der Waals surface area (Å²) in [6, 6.07) is 3.48. The molecule has 0 unspecified atom stereocenters. The van der Waals surface area contributed by atoms with Crippen LogP contribution in [0.25, 0.3) is 0 Å². The summed E-state index contributed by atoms with van der Waals surface area (Å²) >= 11 is 0. The van der Waals surface area contributed by atoms with E-state index in [0.29, 0.717) is 5.88 Å². The lowest BCUT2D eigenvalue weighted by Gasteiger charge is -2.12. The Labute approximate surface area is 132 Å². The van der Waals surface area contributed by atoms with Crippen LogP contribution < -0.4 is 10.1 Å². The van der Waals surface area contributed by atoms with E-state index in [1.807, 2.05) is 0 Å². The molecule has 1 saturated carbocycles. The number of carbonyl (C=O) groups is 1. The van der Waals surface area contributed by atoms with Crippen LogP contribution in [0.3, 0.4) is 0 Å². The number of hydrogen-bond donors (Lipinski definition) is 1. The Morgan fingerprint density at radius 3 is 2.65 bits per heavy atom. The minimum absolute atomic E-state index is 0.172. The zero-order valence-electron chi connectivity index (χ0n) is 12.6. The van der Waals surface area contributed by atoms with E-state index >= 15 is 0 Å². The van der Waals surface area contributed by atoms with Crippen LogP contribution in [0, 0.1) is 0 Å². The average molecular weight is 332 g/mol. The topological polar surface area (TPSA) is 60.5 Å². The molecule has 2 rings (SSSR count). The first-order valence-corrected chi connectivity index (χ1v) is 7.45. The van der Waals surface area contributed by atoms with Crippen LogP contribution >= 0.6 is 0 Å². The number of rotatable bonds is 7. The third-order valence-electron chi connectivity index (χ3n) is 3.38. The molecule has 1 amide bonds. The summed E-state index contributed by atoms with van der Waals surface area (Å²) in [5.41, 5.74) is 0.730. The molecule has 1 N–H and O–H groups in total. The standard InChI is InChI=1S/C15H19F3N2O3/c16-15(17,18)10-22-9-13(21)19-7-11-5-6-14(20-8-11)23-12-3-1-2-4-12/h5-6,8,12H,1-4,7,9-10H2,(H,19,21). The molecular weight excluding hydrogens is 313 g/mol. The molecule has 1 heterocycles. The second kappa shape index (κ2) is 8.14. The van der Waals surface area contributed by atoms with E-state index in [-0.39, 0.29) is 12.6 Å². The molecule has 1 aliphatic rings. The molecule has 128 valence electrons. The van der Waals surface area contributed by atoms with Gasteiger partial charge in [0.05, 0.1) is 0 Å². The molecule has 8 heteroatoms. The first-order chi connectivity index (χ1) is 10.9. The highest BCUT2D eigenvalue weighted by Crippen LogP contribution is 2.22. The van der Waals surface area contributed by atoms with Crippen molar-refractivity contribution in [3.05, 3.63) is 23.9 Å². The number of nitrogens with zero attached hydrogens (tertiary/aromatic N) is 1. The summed E-state index contributed by atoms with van der Waals surface area (Å²) in [6.45, 7) is -1.89. The zero-order valence-corrected chi connectivity index (χ0v) is 12.6. The number of pyridine rings is 1. The summed E-state index contributed by atoms with van der Waals surface area (Å²) in [5.74, 6) is -0.0685. The second-order valence-corrected chi connectivity index (χ2v) is 5.41. The van der Waals surface area contributed by atoms with Crippen LogP contribution in [0.1, 0.15) is 31.2 Å². The van der Waals surface area contributed by atoms with Gasteiger partial charge >= 0.3 is 6.18 Å². The fourth-order valence-corrected chi connectivity index (χ4v) is 2.27. The normalized spacial score (nSPS) is 15.6. The van der Waals surface area contributed by atoms with Crippen molar-refractivity contribution in [3.63, 3.8) is 0 Å². The lowest BCUT2D eigenvalue weighted by molar-refractivity contribution is -0.175. The highest BCUT2D eigenvalue weighted by molar-refractivity contribution is 5.77. The number of nitrogens with one attached hydrogen (secondary N) is 1. The van der Waals surface area contributed by atoms with Crippen molar-refractivity contribution < 1.29 is 27.4 Å².